The van der Waals surface area contributed by atoms with Crippen LogP contribution in [0.2, 0.25) is 0 Å². The maximum absolute atomic E-state index is 13.0. The summed E-state index contributed by atoms with van der Waals surface area (Å²) in [5, 5.41) is 4.36. The van der Waals surface area contributed by atoms with Gasteiger partial charge >= 0.3 is 0 Å². The maximum Gasteiger partial charge on any atom is 0.247 e. The number of aryl methyl sites for hydroxylation is 1. The third-order valence-electron chi connectivity index (χ3n) is 6.84. The summed E-state index contributed by atoms with van der Waals surface area (Å²) in [7, 11) is 3.56. The quantitative estimate of drug-likeness (QED) is 0.759. The highest BCUT2D eigenvalue weighted by Gasteiger charge is 2.49. The number of aromatic nitrogens is 2. The Balaban J connectivity index is 1.34. The van der Waals surface area contributed by atoms with Crippen molar-refractivity contribution < 1.29 is 14.3 Å². The van der Waals surface area contributed by atoms with E-state index in [1.54, 1.807) is 13.3 Å². The first-order chi connectivity index (χ1) is 13.1. The molecule has 2 fully saturated rings. The minimum atomic E-state index is -0.211. The van der Waals surface area contributed by atoms with Crippen LogP contribution in [0.5, 0.6) is 0 Å². The van der Waals surface area contributed by atoms with E-state index in [2.05, 4.69) is 5.10 Å². The standard InChI is InChI=1S/C20H30N4O3/c1-22(18(25)17-6-3-5-15-7-11-21-24(15)17)16-13-23(14-16)19(26)20(8-4-9-20)10-12-27-2/h7,11,16-17H,3-6,8-10,12-14H2,1-2H3. The van der Waals surface area contributed by atoms with E-state index in [9.17, 15) is 9.59 Å². The fourth-order valence-corrected chi connectivity index (χ4v) is 4.74. The fraction of sp³-hybridized carbons (Fsp3) is 0.750. The number of carbonyl (C=O) groups is 2. The third kappa shape index (κ3) is 3.16. The topological polar surface area (TPSA) is 67.7 Å². The number of fused-ring (bicyclic) bond motifs is 1. The molecule has 2 aliphatic heterocycles. The lowest BCUT2D eigenvalue weighted by Gasteiger charge is -2.51. The molecule has 3 aliphatic rings. The van der Waals surface area contributed by atoms with Gasteiger partial charge in [0.2, 0.25) is 11.8 Å². The van der Waals surface area contributed by atoms with E-state index in [-0.39, 0.29) is 29.3 Å². The van der Waals surface area contributed by atoms with Crippen molar-refractivity contribution in [2.45, 2.75) is 57.0 Å². The van der Waals surface area contributed by atoms with Crippen LogP contribution in [0.4, 0.5) is 0 Å². The largest absolute Gasteiger partial charge is 0.385 e. The maximum atomic E-state index is 13.0. The van der Waals surface area contributed by atoms with Crippen LogP contribution < -0.4 is 0 Å². The number of hydrogen-bond donors (Lipinski definition) is 0. The Kier molecular flexibility index (Phi) is 4.97. The number of methoxy groups -OCH3 is 1. The molecule has 2 amide bonds. The van der Waals surface area contributed by atoms with Crippen molar-refractivity contribution in [1.29, 1.82) is 0 Å². The van der Waals surface area contributed by atoms with Gasteiger partial charge in [-0.25, -0.2) is 0 Å². The molecule has 7 nitrogen and oxygen atoms in total. The van der Waals surface area contributed by atoms with Crippen molar-refractivity contribution in [3.8, 4) is 0 Å². The molecule has 1 unspecified atom stereocenters. The Morgan fingerprint density at radius 2 is 2.11 bits per heavy atom. The lowest BCUT2D eigenvalue weighted by atomic mass is 9.65. The van der Waals surface area contributed by atoms with Gasteiger partial charge in [0.15, 0.2) is 0 Å². The van der Waals surface area contributed by atoms with Gasteiger partial charge in [-0.05, 0) is 44.6 Å². The van der Waals surface area contributed by atoms with Crippen molar-refractivity contribution in [2.24, 2.45) is 5.41 Å². The molecule has 0 spiro atoms. The molecule has 7 heteroatoms. The van der Waals surface area contributed by atoms with Crippen LogP contribution in [0.15, 0.2) is 12.3 Å². The second-order valence-electron chi connectivity index (χ2n) is 8.36. The smallest absolute Gasteiger partial charge is 0.247 e. The molecule has 1 saturated carbocycles. The van der Waals surface area contributed by atoms with Crippen molar-refractivity contribution >= 4 is 11.8 Å². The van der Waals surface area contributed by atoms with E-state index in [0.29, 0.717) is 19.7 Å². The van der Waals surface area contributed by atoms with E-state index in [4.69, 9.17) is 4.74 Å². The average Bonchev–Trinajstić information content (AvgIpc) is 3.07. The van der Waals surface area contributed by atoms with E-state index >= 15 is 0 Å². The molecule has 1 aliphatic carbocycles. The molecule has 0 radical (unpaired) electrons. The molecule has 1 saturated heterocycles. The van der Waals surface area contributed by atoms with Gasteiger partial charge in [-0.3, -0.25) is 14.3 Å². The molecule has 0 aromatic carbocycles. The predicted octanol–water partition coefficient (Wildman–Crippen LogP) is 1.64. The zero-order chi connectivity index (χ0) is 19.0. The SMILES string of the molecule is COCCC1(C(=O)N2CC(N(C)C(=O)C3CCCc4ccnn43)C2)CCC1. The van der Waals surface area contributed by atoms with Gasteiger partial charge in [0, 0.05) is 45.7 Å². The summed E-state index contributed by atoms with van der Waals surface area (Å²) in [5.74, 6) is 0.379. The Labute approximate surface area is 160 Å². The third-order valence-corrected chi connectivity index (χ3v) is 6.84. The minimum Gasteiger partial charge on any atom is -0.385 e. The Morgan fingerprint density at radius 1 is 1.33 bits per heavy atom. The highest BCUT2D eigenvalue weighted by molar-refractivity contribution is 5.85. The first-order valence-electron chi connectivity index (χ1n) is 10.1. The van der Waals surface area contributed by atoms with Gasteiger partial charge < -0.3 is 14.5 Å². The zero-order valence-corrected chi connectivity index (χ0v) is 16.4. The Morgan fingerprint density at radius 3 is 2.78 bits per heavy atom. The molecular formula is C20H30N4O3. The molecule has 0 N–H and O–H groups in total. The number of likely N-dealkylation sites (N-methyl/N-ethyl adjacent to an activating group) is 1. The number of hydrogen-bond acceptors (Lipinski definition) is 4. The van der Waals surface area contributed by atoms with Crippen LogP contribution in [-0.4, -0.2) is 71.3 Å². The highest BCUT2D eigenvalue weighted by Crippen LogP contribution is 2.46. The second kappa shape index (κ2) is 7.26. The highest BCUT2D eigenvalue weighted by atomic mass is 16.5. The summed E-state index contributed by atoms with van der Waals surface area (Å²) in [6.45, 7) is 1.93. The normalized spacial score (nSPS) is 23.9. The van der Waals surface area contributed by atoms with Gasteiger partial charge in [0.1, 0.15) is 6.04 Å². The van der Waals surface area contributed by atoms with Gasteiger partial charge in [-0.15, -0.1) is 0 Å². The van der Waals surface area contributed by atoms with E-state index < -0.39 is 0 Å². The molecule has 1 atom stereocenters. The number of ether oxygens (including phenoxy) is 1. The van der Waals surface area contributed by atoms with Gasteiger partial charge in [0.05, 0.1) is 11.5 Å². The van der Waals surface area contributed by atoms with Gasteiger partial charge in [0.25, 0.3) is 0 Å². The molecule has 148 valence electrons. The molecule has 1 aromatic heterocycles. The van der Waals surface area contributed by atoms with Crippen molar-refractivity contribution in [3.63, 3.8) is 0 Å². The molecule has 1 aromatic rings. The monoisotopic (exact) mass is 374 g/mol. The van der Waals surface area contributed by atoms with Crippen LogP contribution in [0.3, 0.4) is 0 Å². The van der Waals surface area contributed by atoms with Crippen LogP contribution >= 0.6 is 0 Å². The number of nitrogens with zero attached hydrogens (tertiary/aromatic N) is 4. The summed E-state index contributed by atoms with van der Waals surface area (Å²) >= 11 is 0. The van der Waals surface area contributed by atoms with E-state index in [0.717, 1.165) is 50.6 Å². The number of likely N-dealkylation sites (tertiary alicyclic amines) is 1. The Hall–Kier alpha value is -1.89. The molecule has 27 heavy (non-hydrogen) atoms. The average molecular weight is 374 g/mol. The molecule has 4 rings (SSSR count). The van der Waals surface area contributed by atoms with Crippen LogP contribution in [0.25, 0.3) is 0 Å². The first kappa shape index (κ1) is 18.5. The molecular weight excluding hydrogens is 344 g/mol. The molecule has 3 heterocycles. The van der Waals surface area contributed by atoms with Crippen molar-refractivity contribution in [2.75, 3.05) is 33.9 Å². The predicted molar refractivity (Wildman–Crippen MR) is 100 cm³/mol. The Bertz CT molecular complexity index is 706. The summed E-state index contributed by atoms with van der Waals surface area (Å²) in [5.41, 5.74) is 0.931. The number of rotatable bonds is 6. The fourth-order valence-electron chi connectivity index (χ4n) is 4.74. The van der Waals surface area contributed by atoms with Crippen LogP contribution in [-0.2, 0) is 20.7 Å². The minimum absolute atomic E-state index is 0.113. The summed E-state index contributed by atoms with van der Waals surface area (Å²) in [6.07, 6.45) is 8.50. The number of carbonyl (C=O) groups excluding carboxylic acids is 2. The van der Waals surface area contributed by atoms with Gasteiger partial charge in [-0.1, -0.05) is 6.42 Å². The van der Waals surface area contributed by atoms with Crippen LogP contribution in [0, 0.1) is 5.41 Å². The molecule has 0 bridgehead atoms. The lowest BCUT2D eigenvalue weighted by molar-refractivity contribution is -0.160. The van der Waals surface area contributed by atoms with Crippen LogP contribution in [0.1, 0.15) is 50.3 Å². The first-order valence-corrected chi connectivity index (χ1v) is 10.1. The zero-order valence-electron chi connectivity index (χ0n) is 16.4. The number of amides is 2. The van der Waals surface area contributed by atoms with E-state index in [1.807, 2.05) is 27.6 Å². The summed E-state index contributed by atoms with van der Waals surface area (Å²) in [4.78, 5) is 29.8. The van der Waals surface area contributed by atoms with Crippen molar-refractivity contribution in [3.05, 3.63) is 18.0 Å². The summed E-state index contributed by atoms with van der Waals surface area (Å²) in [6, 6.07) is 1.92. The lowest BCUT2D eigenvalue weighted by Crippen LogP contribution is -2.65. The second-order valence-corrected chi connectivity index (χ2v) is 8.36. The van der Waals surface area contributed by atoms with E-state index in [1.165, 1.54) is 0 Å². The summed E-state index contributed by atoms with van der Waals surface area (Å²) < 4.78 is 7.09. The van der Waals surface area contributed by atoms with Gasteiger partial charge in [-0.2, -0.15) is 5.10 Å². The van der Waals surface area contributed by atoms with Crippen molar-refractivity contribution in [1.82, 2.24) is 19.6 Å².